The lowest BCUT2D eigenvalue weighted by Gasteiger charge is -2.39. The van der Waals surface area contributed by atoms with Crippen LogP contribution in [0.2, 0.25) is 0 Å². The summed E-state index contributed by atoms with van der Waals surface area (Å²) in [4.78, 5) is 11.3. The number of thioether (sulfide) groups is 1. The number of nitrogens with one attached hydrogen (secondary N) is 1. The van der Waals surface area contributed by atoms with Crippen molar-refractivity contribution in [3.63, 3.8) is 0 Å². The molecule has 1 N–H and O–H groups in total. The van der Waals surface area contributed by atoms with Gasteiger partial charge in [-0.3, -0.25) is 4.79 Å². The monoisotopic (exact) mass is 173 g/mol. The summed E-state index contributed by atoms with van der Waals surface area (Å²) >= 11 is 1.74. The Hall–Kier alpha value is -0.180. The van der Waals surface area contributed by atoms with Gasteiger partial charge < -0.3 is 5.32 Å². The third kappa shape index (κ3) is 1.89. The van der Waals surface area contributed by atoms with Crippen LogP contribution < -0.4 is 5.32 Å². The van der Waals surface area contributed by atoms with Crippen molar-refractivity contribution in [3.05, 3.63) is 0 Å². The zero-order chi connectivity index (χ0) is 8.70. The number of rotatable bonds is 0. The third-order valence-corrected chi connectivity index (χ3v) is 3.15. The van der Waals surface area contributed by atoms with E-state index in [1.807, 2.05) is 13.8 Å². The minimum absolute atomic E-state index is 0.154. The zero-order valence-electron chi connectivity index (χ0n) is 7.52. The van der Waals surface area contributed by atoms with E-state index in [4.69, 9.17) is 0 Å². The molecule has 0 radical (unpaired) electrons. The van der Waals surface area contributed by atoms with Gasteiger partial charge in [0.1, 0.15) is 0 Å². The molecule has 1 fully saturated rings. The van der Waals surface area contributed by atoms with Crippen LogP contribution in [0.1, 0.15) is 27.7 Å². The van der Waals surface area contributed by atoms with Crippen LogP contribution >= 0.6 is 11.8 Å². The highest BCUT2D eigenvalue weighted by Crippen LogP contribution is 2.38. The van der Waals surface area contributed by atoms with Crippen LogP contribution in [0, 0.1) is 0 Å². The zero-order valence-corrected chi connectivity index (χ0v) is 8.34. The van der Waals surface area contributed by atoms with Crippen LogP contribution in [0.3, 0.4) is 0 Å². The Bertz CT molecular complexity index is 187. The number of amides is 1. The maximum atomic E-state index is 11.3. The number of hydrogen-bond acceptors (Lipinski definition) is 2. The minimum atomic E-state index is -0.262. The van der Waals surface area contributed by atoms with Crippen LogP contribution in [0.4, 0.5) is 0 Å². The van der Waals surface area contributed by atoms with E-state index in [1.54, 1.807) is 11.8 Å². The van der Waals surface area contributed by atoms with Gasteiger partial charge in [0.15, 0.2) is 0 Å². The van der Waals surface area contributed by atoms with E-state index in [9.17, 15) is 4.79 Å². The van der Waals surface area contributed by atoms with Crippen LogP contribution in [0.25, 0.3) is 0 Å². The fraction of sp³-hybridized carbons (Fsp3) is 0.875. The molecule has 0 unspecified atom stereocenters. The summed E-state index contributed by atoms with van der Waals surface area (Å²) < 4.78 is -0.0842. The highest BCUT2D eigenvalue weighted by Gasteiger charge is 2.39. The smallest absolute Gasteiger partial charge is 0.235 e. The molecule has 2 nitrogen and oxygen atoms in total. The van der Waals surface area contributed by atoms with Gasteiger partial charge in [-0.25, -0.2) is 0 Å². The largest absolute Gasteiger partial charge is 0.354 e. The van der Waals surface area contributed by atoms with Gasteiger partial charge in [0.05, 0.1) is 4.75 Å². The highest BCUT2D eigenvalue weighted by molar-refractivity contribution is 8.02. The molecule has 0 saturated carbocycles. The van der Waals surface area contributed by atoms with Crippen molar-refractivity contribution < 1.29 is 4.79 Å². The molecule has 1 heterocycles. The van der Waals surface area contributed by atoms with Gasteiger partial charge in [-0.15, -0.1) is 11.8 Å². The van der Waals surface area contributed by atoms with Gasteiger partial charge in [0.2, 0.25) is 5.91 Å². The fourth-order valence-electron chi connectivity index (χ4n) is 1.28. The van der Waals surface area contributed by atoms with E-state index >= 15 is 0 Å². The highest BCUT2D eigenvalue weighted by atomic mass is 32.2. The van der Waals surface area contributed by atoms with Crippen LogP contribution in [0.5, 0.6) is 0 Å². The Labute approximate surface area is 72.1 Å². The minimum Gasteiger partial charge on any atom is -0.354 e. The normalized spacial score (nSPS) is 27.8. The molecule has 0 aromatic heterocycles. The van der Waals surface area contributed by atoms with E-state index < -0.39 is 0 Å². The number of carbonyl (C=O) groups excluding carboxylic acids is 1. The second kappa shape index (κ2) is 2.41. The first kappa shape index (κ1) is 8.91. The maximum absolute atomic E-state index is 11.3. The van der Waals surface area contributed by atoms with Crippen molar-refractivity contribution in [2.24, 2.45) is 0 Å². The van der Waals surface area contributed by atoms with E-state index in [2.05, 4.69) is 19.2 Å². The fourth-order valence-corrected chi connectivity index (χ4v) is 2.97. The Balaban J connectivity index is 2.75. The van der Waals surface area contributed by atoms with E-state index in [1.165, 1.54) is 0 Å². The maximum Gasteiger partial charge on any atom is 0.235 e. The second-order valence-electron chi connectivity index (χ2n) is 4.05. The average Bonchev–Trinajstić information content (AvgIpc) is 1.77. The van der Waals surface area contributed by atoms with Crippen molar-refractivity contribution in [2.75, 3.05) is 6.54 Å². The van der Waals surface area contributed by atoms with Crippen molar-refractivity contribution in [1.82, 2.24) is 5.32 Å². The lowest BCUT2D eigenvalue weighted by Crippen LogP contribution is -2.52. The van der Waals surface area contributed by atoms with E-state index in [0.717, 1.165) is 6.54 Å². The molecule has 1 rings (SSSR count). The average molecular weight is 173 g/mol. The molecular weight excluding hydrogens is 158 g/mol. The van der Waals surface area contributed by atoms with Crippen LogP contribution in [0.15, 0.2) is 0 Å². The van der Waals surface area contributed by atoms with Crippen LogP contribution in [-0.4, -0.2) is 21.9 Å². The first-order chi connectivity index (χ1) is 4.83. The summed E-state index contributed by atoms with van der Waals surface area (Å²) in [6.45, 7) is 9.01. The van der Waals surface area contributed by atoms with E-state index in [-0.39, 0.29) is 15.4 Å². The standard InChI is InChI=1S/C8H15NOS/c1-7(2)5-9-6(10)8(3,4)11-7/h5H2,1-4H3,(H,9,10). The summed E-state index contributed by atoms with van der Waals surface area (Å²) in [5.74, 6) is 0.154. The molecule has 1 saturated heterocycles. The number of carbonyl (C=O) groups is 1. The molecule has 1 aliphatic rings. The van der Waals surface area contributed by atoms with Gasteiger partial charge in [-0.1, -0.05) is 0 Å². The summed E-state index contributed by atoms with van der Waals surface area (Å²) in [5, 5.41) is 2.90. The molecule has 1 aliphatic heterocycles. The predicted octanol–water partition coefficient (Wildman–Crippen LogP) is 1.41. The molecule has 0 aliphatic carbocycles. The summed E-state index contributed by atoms with van der Waals surface area (Å²) in [6.07, 6.45) is 0. The molecule has 0 aromatic rings. The molecule has 0 aromatic carbocycles. The molecule has 3 heteroatoms. The molecular formula is C8H15NOS. The second-order valence-corrected chi connectivity index (χ2v) is 6.38. The summed E-state index contributed by atoms with van der Waals surface area (Å²) in [6, 6.07) is 0. The van der Waals surface area contributed by atoms with Crippen molar-refractivity contribution in [3.8, 4) is 0 Å². The molecule has 0 bridgehead atoms. The van der Waals surface area contributed by atoms with Gasteiger partial charge >= 0.3 is 0 Å². The Kier molecular flexibility index (Phi) is 1.95. The lowest BCUT2D eigenvalue weighted by molar-refractivity contribution is -0.123. The molecule has 0 spiro atoms. The van der Waals surface area contributed by atoms with Gasteiger partial charge in [0, 0.05) is 11.3 Å². The van der Waals surface area contributed by atoms with E-state index in [0.29, 0.717) is 0 Å². The van der Waals surface area contributed by atoms with Crippen LogP contribution in [-0.2, 0) is 4.79 Å². The Morgan fingerprint density at radius 3 is 2.27 bits per heavy atom. The topological polar surface area (TPSA) is 29.1 Å². The van der Waals surface area contributed by atoms with Crippen molar-refractivity contribution >= 4 is 17.7 Å². The van der Waals surface area contributed by atoms with Crippen molar-refractivity contribution in [1.29, 1.82) is 0 Å². The first-order valence-corrected chi connectivity index (χ1v) is 4.64. The molecule has 64 valence electrons. The van der Waals surface area contributed by atoms with Gasteiger partial charge in [-0.05, 0) is 27.7 Å². The predicted molar refractivity (Wildman–Crippen MR) is 48.8 cm³/mol. The lowest BCUT2D eigenvalue weighted by atomic mass is 10.1. The third-order valence-electron chi connectivity index (χ3n) is 1.75. The summed E-state index contributed by atoms with van der Waals surface area (Å²) in [5.41, 5.74) is 0. The molecule has 0 atom stereocenters. The Morgan fingerprint density at radius 1 is 1.36 bits per heavy atom. The van der Waals surface area contributed by atoms with Gasteiger partial charge in [-0.2, -0.15) is 0 Å². The summed E-state index contributed by atoms with van der Waals surface area (Å²) in [7, 11) is 0. The molecule has 1 amide bonds. The van der Waals surface area contributed by atoms with Gasteiger partial charge in [0.25, 0.3) is 0 Å². The van der Waals surface area contributed by atoms with Crippen molar-refractivity contribution in [2.45, 2.75) is 37.2 Å². The number of hydrogen-bond donors (Lipinski definition) is 1. The first-order valence-electron chi connectivity index (χ1n) is 3.82. The Morgan fingerprint density at radius 2 is 1.91 bits per heavy atom. The molecule has 11 heavy (non-hydrogen) atoms. The quantitative estimate of drug-likeness (QED) is 0.600. The SMILES string of the molecule is CC1(C)CNC(=O)C(C)(C)S1.